The van der Waals surface area contributed by atoms with Gasteiger partial charge in [-0.15, -0.1) is 0 Å². The van der Waals surface area contributed by atoms with E-state index < -0.39 is 23.8 Å². The van der Waals surface area contributed by atoms with E-state index in [4.69, 9.17) is 5.11 Å². The first kappa shape index (κ1) is 13.7. The smallest absolute Gasteiger partial charge is 0.416 e. The predicted molar refractivity (Wildman–Crippen MR) is 64.2 cm³/mol. The first-order chi connectivity index (χ1) is 8.71. The molecule has 104 valence electrons. The van der Waals surface area contributed by atoms with Gasteiger partial charge >= 0.3 is 12.1 Å². The Kier molecular flexibility index (Phi) is 3.20. The number of carboxylic acids is 1. The first-order valence-electron chi connectivity index (χ1n) is 5.93. The minimum absolute atomic E-state index is 0.175. The molecule has 6 heteroatoms. The summed E-state index contributed by atoms with van der Waals surface area (Å²) in [6, 6.07) is 2.44. The topological polar surface area (TPSA) is 40.5 Å². The number of carboxylic acid groups (broad SMARTS) is 1. The molecule has 1 N–H and O–H groups in total. The van der Waals surface area contributed by atoms with Crippen molar-refractivity contribution in [3.8, 4) is 0 Å². The molecule has 1 atom stereocenters. The Bertz CT molecular complexity index is 511. The number of fused-ring (bicyclic) bond motifs is 1. The third-order valence-corrected chi connectivity index (χ3v) is 3.28. The lowest BCUT2D eigenvalue weighted by atomic mass is 10.1. The van der Waals surface area contributed by atoms with E-state index in [9.17, 15) is 18.0 Å². The predicted octanol–water partition coefficient (Wildman–Crippen LogP) is 2.93. The van der Waals surface area contributed by atoms with Crippen molar-refractivity contribution in [3.63, 3.8) is 0 Å². The minimum Gasteiger partial charge on any atom is -0.480 e. The molecule has 0 bridgehead atoms. The van der Waals surface area contributed by atoms with Gasteiger partial charge in [0, 0.05) is 18.2 Å². The number of hydrogen-bond donors (Lipinski definition) is 1. The van der Waals surface area contributed by atoms with Crippen LogP contribution in [0.25, 0.3) is 0 Å². The zero-order valence-corrected chi connectivity index (χ0v) is 10.5. The lowest BCUT2D eigenvalue weighted by Gasteiger charge is -2.29. The van der Waals surface area contributed by atoms with E-state index in [1.165, 1.54) is 11.0 Å². The average molecular weight is 273 g/mol. The minimum atomic E-state index is -4.42. The number of alkyl halides is 3. The fourth-order valence-electron chi connectivity index (χ4n) is 2.47. The molecule has 0 aromatic heterocycles. The van der Waals surface area contributed by atoms with Gasteiger partial charge < -0.3 is 10.0 Å². The molecular weight excluding hydrogens is 259 g/mol. The van der Waals surface area contributed by atoms with Crippen LogP contribution < -0.4 is 4.90 Å². The van der Waals surface area contributed by atoms with E-state index in [0.717, 1.165) is 12.1 Å². The highest BCUT2D eigenvalue weighted by Crippen LogP contribution is 2.39. The summed E-state index contributed by atoms with van der Waals surface area (Å²) in [6.45, 7) is 3.54. The normalized spacial score (nSPS) is 18.8. The SMILES string of the molecule is CC(C)N1c2cc(C(F)(F)F)ccc2CC1C(=O)O. The second-order valence-electron chi connectivity index (χ2n) is 4.90. The van der Waals surface area contributed by atoms with Crippen molar-refractivity contribution in [1.29, 1.82) is 0 Å². The summed E-state index contributed by atoms with van der Waals surface area (Å²) in [4.78, 5) is 12.7. The maximum Gasteiger partial charge on any atom is 0.416 e. The monoisotopic (exact) mass is 273 g/mol. The number of rotatable bonds is 2. The lowest BCUT2D eigenvalue weighted by Crippen LogP contribution is -2.42. The van der Waals surface area contributed by atoms with E-state index in [1.54, 1.807) is 13.8 Å². The standard InChI is InChI=1S/C13H14F3NO2/c1-7(2)17-10-6-9(13(14,15)16)4-3-8(10)5-11(17)12(18)19/h3-4,6-7,11H,5H2,1-2H3,(H,18,19). The van der Waals surface area contributed by atoms with Crippen molar-refractivity contribution in [2.75, 3.05) is 4.90 Å². The molecule has 2 rings (SSSR count). The van der Waals surface area contributed by atoms with Gasteiger partial charge in [-0.05, 0) is 31.5 Å². The molecule has 1 unspecified atom stereocenters. The van der Waals surface area contributed by atoms with Gasteiger partial charge in [-0.1, -0.05) is 6.07 Å². The van der Waals surface area contributed by atoms with Crippen molar-refractivity contribution in [2.45, 2.75) is 38.5 Å². The van der Waals surface area contributed by atoms with E-state index >= 15 is 0 Å². The van der Waals surface area contributed by atoms with Gasteiger partial charge in [-0.2, -0.15) is 13.2 Å². The molecule has 1 aliphatic heterocycles. The summed E-state index contributed by atoms with van der Waals surface area (Å²) < 4.78 is 38.1. The fourth-order valence-corrected chi connectivity index (χ4v) is 2.47. The summed E-state index contributed by atoms with van der Waals surface area (Å²) in [5, 5.41) is 9.17. The zero-order chi connectivity index (χ0) is 14.4. The number of halogens is 3. The summed E-state index contributed by atoms with van der Waals surface area (Å²) in [7, 11) is 0. The first-order valence-corrected chi connectivity index (χ1v) is 5.93. The second kappa shape index (κ2) is 4.43. The third kappa shape index (κ3) is 2.39. The van der Waals surface area contributed by atoms with Gasteiger partial charge in [0.15, 0.2) is 0 Å². The average Bonchev–Trinajstić information content (AvgIpc) is 2.65. The maximum atomic E-state index is 12.7. The molecule has 0 saturated heterocycles. The Morgan fingerprint density at radius 1 is 1.42 bits per heavy atom. The van der Waals surface area contributed by atoms with E-state index in [0.29, 0.717) is 11.3 Å². The van der Waals surface area contributed by atoms with Gasteiger partial charge in [0.25, 0.3) is 0 Å². The summed E-state index contributed by atoms with van der Waals surface area (Å²) >= 11 is 0. The van der Waals surface area contributed by atoms with Crippen LogP contribution >= 0.6 is 0 Å². The number of benzene rings is 1. The van der Waals surface area contributed by atoms with Crippen LogP contribution in [0.5, 0.6) is 0 Å². The Balaban J connectivity index is 2.48. The molecule has 0 saturated carbocycles. The van der Waals surface area contributed by atoms with Crippen LogP contribution in [0.15, 0.2) is 18.2 Å². The molecule has 3 nitrogen and oxygen atoms in total. The molecule has 0 spiro atoms. The molecule has 1 aromatic carbocycles. The second-order valence-corrected chi connectivity index (χ2v) is 4.90. The molecule has 0 fully saturated rings. The van der Waals surface area contributed by atoms with Crippen LogP contribution in [-0.4, -0.2) is 23.2 Å². The van der Waals surface area contributed by atoms with Crippen LogP contribution in [0.3, 0.4) is 0 Å². The molecule has 19 heavy (non-hydrogen) atoms. The van der Waals surface area contributed by atoms with Crippen LogP contribution in [0.1, 0.15) is 25.0 Å². The maximum absolute atomic E-state index is 12.7. The van der Waals surface area contributed by atoms with Gasteiger partial charge in [0.2, 0.25) is 0 Å². The Labute approximate surface area is 108 Å². The van der Waals surface area contributed by atoms with E-state index in [2.05, 4.69) is 0 Å². The van der Waals surface area contributed by atoms with Crippen molar-refractivity contribution in [1.82, 2.24) is 0 Å². The quantitative estimate of drug-likeness (QED) is 0.900. The highest BCUT2D eigenvalue weighted by Gasteiger charge is 2.38. The van der Waals surface area contributed by atoms with Gasteiger partial charge in [-0.3, -0.25) is 0 Å². The largest absolute Gasteiger partial charge is 0.480 e. The van der Waals surface area contributed by atoms with Gasteiger partial charge in [-0.25, -0.2) is 4.79 Å². The highest BCUT2D eigenvalue weighted by atomic mass is 19.4. The number of carbonyl (C=O) groups is 1. The van der Waals surface area contributed by atoms with E-state index in [1.807, 2.05) is 0 Å². The molecule has 1 aliphatic rings. The van der Waals surface area contributed by atoms with Crippen LogP contribution in [0.2, 0.25) is 0 Å². The van der Waals surface area contributed by atoms with Crippen molar-refractivity contribution in [3.05, 3.63) is 29.3 Å². The van der Waals surface area contributed by atoms with Crippen LogP contribution in [0.4, 0.5) is 18.9 Å². The van der Waals surface area contributed by atoms with Crippen molar-refractivity contribution in [2.24, 2.45) is 0 Å². The van der Waals surface area contributed by atoms with Crippen LogP contribution in [-0.2, 0) is 17.4 Å². The summed E-state index contributed by atoms with van der Waals surface area (Å²) in [6.07, 6.45) is -4.18. The van der Waals surface area contributed by atoms with Gasteiger partial charge in [0.1, 0.15) is 6.04 Å². The van der Waals surface area contributed by atoms with Crippen LogP contribution in [0, 0.1) is 0 Å². The number of nitrogens with zero attached hydrogens (tertiary/aromatic N) is 1. The molecule has 1 aromatic rings. The van der Waals surface area contributed by atoms with E-state index in [-0.39, 0.29) is 12.5 Å². The molecule has 0 aliphatic carbocycles. The number of anilines is 1. The number of aliphatic carboxylic acids is 1. The molecular formula is C13H14F3NO2. The van der Waals surface area contributed by atoms with Crippen molar-refractivity contribution >= 4 is 11.7 Å². The number of hydrogen-bond acceptors (Lipinski definition) is 2. The molecule has 0 radical (unpaired) electrons. The van der Waals surface area contributed by atoms with Gasteiger partial charge in [0.05, 0.1) is 5.56 Å². The molecule has 0 amide bonds. The third-order valence-electron chi connectivity index (χ3n) is 3.28. The van der Waals surface area contributed by atoms with Crippen molar-refractivity contribution < 1.29 is 23.1 Å². The lowest BCUT2D eigenvalue weighted by molar-refractivity contribution is -0.138. The summed E-state index contributed by atoms with van der Waals surface area (Å²) in [5.74, 6) is -1.02. The summed E-state index contributed by atoms with van der Waals surface area (Å²) in [5.41, 5.74) is 0.272. The zero-order valence-electron chi connectivity index (χ0n) is 10.5. The Hall–Kier alpha value is -1.72. The highest BCUT2D eigenvalue weighted by molar-refractivity contribution is 5.82. The Morgan fingerprint density at radius 2 is 2.05 bits per heavy atom. The Morgan fingerprint density at radius 3 is 2.53 bits per heavy atom. The fraction of sp³-hybridized carbons (Fsp3) is 0.462. The molecule has 1 heterocycles.